The second-order valence-corrected chi connectivity index (χ2v) is 6.28. The Morgan fingerprint density at radius 1 is 1.22 bits per heavy atom. The van der Waals surface area contributed by atoms with Gasteiger partial charge in [0.1, 0.15) is 0 Å². The molecule has 0 spiro atoms. The molecule has 1 aromatic carbocycles. The van der Waals surface area contributed by atoms with Crippen LogP contribution < -0.4 is 5.32 Å². The number of carbonyl (C=O) groups is 1. The number of benzene rings is 1. The minimum absolute atomic E-state index is 0.0340. The zero-order valence-electron chi connectivity index (χ0n) is 14.3. The SMILES string of the molecule is Cc1cc(C(=O)NC(C)C(C)CO)c(C)n1Cc1ccccc1. The predicted molar refractivity (Wildman–Crippen MR) is 92.6 cm³/mol. The highest BCUT2D eigenvalue weighted by molar-refractivity contribution is 5.95. The summed E-state index contributed by atoms with van der Waals surface area (Å²) in [5, 5.41) is 12.2. The molecule has 0 saturated heterocycles. The molecule has 2 N–H and O–H groups in total. The molecule has 0 bridgehead atoms. The van der Waals surface area contributed by atoms with Crippen molar-refractivity contribution in [3.63, 3.8) is 0 Å². The number of amides is 1. The molecule has 1 heterocycles. The van der Waals surface area contributed by atoms with E-state index in [-0.39, 0.29) is 24.5 Å². The van der Waals surface area contributed by atoms with Gasteiger partial charge in [-0.3, -0.25) is 4.79 Å². The molecule has 23 heavy (non-hydrogen) atoms. The first-order chi connectivity index (χ1) is 10.9. The Labute approximate surface area is 138 Å². The van der Waals surface area contributed by atoms with E-state index < -0.39 is 0 Å². The van der Waals surface area contributed by atoms with Gasteiger partial charge in [-0.25, -0.2) is 0 Å². The molecule has 124 valence electrons. The molecule has 2 atom stereocenters. The maximum atomic E-state index is 12.5. The number of nitrogens with one attached hydrogen (secondary N) is 1. The van der Waals surface area contributed by atoms with Crippen LogP contribution in [-0.2, 0) is 6.54 Å². The van der Waals surface area contributed by atoms with Gasteiger partial charge < -0.3 is 15.0 Å². The van der Waals surface area contributed by atoms with Crippen LogP contribution in [0.4, 0.5) is 0 Å². The Balaban J connectivity index is 2.18. The summed E-state index contributed by atoms with van der Waals surface area (Å²) in [7, 11) is 0. The maximum absolute atomic E-state index is 12.5. The van der Waals surface area contributed by atoms with Gasteiger partial charge in [-0.2, -0.15) is 0 Å². The second kappa shape index (κ2) is 7.47. The first kappa shape index (κ1) is 17.3. The summed E-state index contributed by atoms with van der Waals surface area (Å²) in [6.07, 6.45) is 0. The number of nitrogens with zero attached hydrogens (tertiary/aromatic N) is 1. The quantitative estimate of drug-likeness (QED) is 0.861. The lowest BCUT2D eigenvalue weighted by atomic mass is 10.0. The van der Waals surface area contributed by atoms with Crippen molar-refractivity contribution in [2.24, 2.45) is 5.92 Å². The third-order valence-corrected chi connectivity index (χ3v) is 4.50. The van der Waals surface area contributed by atoms with Gasteiger partial charge in [0.05, 0.1) is 5.56 Å². The zero-order valence-corrected chi connectivity index (χ0v) is 14.3. The molecular formula is C19H26N2O2. The smallest absolute Gasteiger partial charge is 0.253 e. The number of carbonyl (C=O) groups excluding carboxylic acids is 1. The van der Waals surface area contributed by atoms with Crippen molar-refractivity contribution < 1.29 is 9.90 Å². The summed E-state index contributed by atoms with van der Waals surface area (Å²) in [6, 6.07) is 12.1. The fourth-order valence-electron chi connectivity index (χ4n) is 2.63. The van der Waals surface area contributed by atoms with Gasteiger partial charge in [-0.15, -0.1) is 0 Å². The van der Waals surface area contributed by atoms with E-state index in [4.69, 9.17) is 0 Å². The van der Waals surface area contributed by atoms with Gasteiger partial charge >= 0.3 is 0 Å². The number of hydrogen-bond acceptors (Lipinski definition) is 2. The van der Waals surface area contributed by atoms with Crippen LogP contribution in [-0.4, -0.2) is 28.2 Å². The van der Waals surface area contributed by atoms with Gasteiger partial charge in [-0.05, 0) is 38.3 Å². The first-order valence-corrected chi connectivity index (χ1v) is 8.06. The van der Waals surface area contributed by atoms with Crippen LogP contribution in [0, 0.1) is 19.8 Å². The molecular weight excluding hydrogens is 288 g/mol. The predicted octanol–water partition coefficient (Wildman–Crippen LogP) is 2.90. The van der Waals surface area contributed by atoms with E-state index in [1.54, 1.807) is 0 Å². The number of aryl methyl sites for hydroxylation is 1. The van der Waals surface area contributed by atoms with Crippen LogP contribution in [0.15, 0.2) is 36.4 Å². The van der Waals surface area contributed by atoms with Gasteiger partial charge in [0, 0.05) is 30.6 Å². The van der Waals surface area contributed by atoms with Crippen molar-refractivity contribution in [1.29, 1.82) is 0 Å². The Hall–Kier alpha value is -2.07. The minimum Gasteiger partial charge on any atom is -0.396 e. The molecule has 0 aliphatic heterocycles. The van der Waals surface area contributed by atoms with E-state index in [2.05, 4.69) is 22.0 Å². The highest BCUT2D eigenvalue weighted by atomic mass is 16.3. The van der Waals surface area contributed by atoms with Crippen LogP contribution in [0.1, 0.15) is 41.2 Å². The minimum atomic E-state index is -0.0785. The molecule has 1 aromatic heterocycles. The Morgan fingerprint density at radius 3 is 2.48 bits per heavy atom. The number of aromatic nitrogens is 1. The second-order valence-electron chi connectivity index (χ2n) is 6.28. The van der Waals surface area contributed by atoms with Crippen LogP contribution in [0.3, 0.4) is 0 Å². The van der Waals surface area contributed by atoms with Crippen molar-refractivity contribution in [3.05, 3.63) is 58.9 Å². The standard InChI is InChI=1S/C19H26N2O2/c1-13(12-22)15(3)20-19(23)18-10-14(2)21(16(18)4)11-17-8-6-5-7-9-17/h5-10,13,15,22H,11-12H2,1-4H3,(H,20,23). The van der Waals surface area contributed by atoms with Crippen LogP contribution in [0.25, 0.3) is 0 Å². The topological polar surface area (TPSA) is 54.3 Å². The summed E-state index contributed by atoms with van der Waals surface area (Å²) in [5.74, 6) is -0.0445. The Morgan fingerprint density at radius 2 is 1.87 bits per heavy atom. The van der Waals surface area contributed by atoms with Crippen molar-refractivity contribution in [1.82, 2.24) is 9.88 Å². The number of aliphatic hydroxyl groups is 1. The Kier molecular flexibility index (Phi) is 5.61. The summed E-state index contributed by atoms with van der Waals surface area (Å²) >= 11 is 0. The normalized spacial score (nSPS) is 13.6. The number of aliphatic hydroxyl groups excluding tert-OH is 1. The molecule has 2 unspecified atom stereocenters. The molecule has 0 aliphatic carbocycles. The summed E-state index contributed by atoms with van der Waals surface area (Å²) in [6.45, 7) is 8.66. The third-order valence-electron chi connectivity index (χ3n) is 4.50. The van der Waals surface area contributed by atoms with Crippen LogP contribution in [0.2, 0.25) is 0 Å². The van der Waals surface area contributed by atoms with Gasteiger partial charge in [0.2, 0.25) is 0 Å². The fraction of sp³-hybridized carbons (Fsp3) is 0.421. The van der Waals surface area contributed by atoms with E-state index in [1.807, 2.05) is 52.0 Å². The van der Waals surface area contributed by atoms with E-state index >= 15 is 0 Å². The van der Waals surface area contributed by atoms with Crippen LogP contribution in [0.5, 0.6) is 0 Å². The largest absolute Gasteiger partial charge is 0.396 e. The molecule has 1 amide bonds. The van der Waals surface area contributed by atoms with Crippen molar-refractivity contribution in [2.45, 2.75) is 40.3 Å². The number of hydrogen-bond donors (Lipinski definition) is 2. The maximum Gasteiger partial charge on any atom is 0.253 e. The average Bonchev–Trinajstić information content (AvgIpc) is 2.83. The van der Waals surface area contributed by atoms with Gasteiger partial charge in [0.25, 0.3) is 5.91 Å². The van der Waals surface area contributed by atoms with Crippen LogP contribution >= 0.6 is 0 Å². The molecule has 4 heteroatoms. The third kappa shape index (κ3) is 4.02. The summed E-state index contributed by atoms with van der Waals surface area (Å²) in [5.41, 5.74) is 3.95. The molecule has 2 rings (SSSR count). The van der Waals surface area contributed by atoms with Crippen molar-refractivity contribution >= 4 is 5.91 Å². The van der Waals surface area contributed by atoms with Gasteiger partial charge in [0.15, 0.2) is 0 Å². The average molecular weight is 314 g/mol. The highest BCUT2D eigenvalue weighted by Crippen LogP contribution is 2.17. The van der Waals surface area contributed by atoms with E-state index in [0.717, 1.165) is 17.9 Å². The van der Waals surface area contributed by atoms with Crippen molar-refractivity contribution in [2.75, 3.05) is 6.61 Å². The molecule has 0 saturated carbocycles. The summed E-state index contributed by atoms with van der Waals surface area (Å²) < 4.78 is 2.16. The monoisotopic (exact) mass is 314 g/mol. The lowest BCUT2D eigenvalue weighted by Crippen LogP contribution is -2.38. The van der Waals surface area contributed by atoms with E-state index in [9.17, 15) is 9.90 Å². The lowest BCUT2D eigenvalue weighted by Gasteiger charge is -2.19. The Bertz CT molecular complexity index is 662. The molecule has 0 fully saturated rings. The summed E-state index contributed by atoms with van der Waals surface area (Å²) in [4.78, 5) is 12.5. The van der Waals surface area contributed by atoms with E-state index in [1.165, 1.54) is 5.56 Å². The lowest BCUT2D eigenvalue weighted by molar-refractivity contribution is 0.0915. The highest BCUT2D eigenvalue weighted by Gasteiger charge is 2.19. The molecule has 0 radical (unpaired) electrons. The van der Waals surface area contributed by atoms with Gasteiger partial charge in [-0.1, -0.05) is 37.3 Å². The van der Waals surface area contributed by atoms with Crippen molar-refractivity contribution in [3.8, 4) is 0 Å². The first-order valence-electron chi connectivity index (χ1n) is 8.06. The molecule has 0 aliphatic rings. The van der Waals surface area contributed by atoms with E-state index in [0.29, 0.717) is 5.56 Å². The zero-order chi connectivity index (χ0) is 17.0. The fourth-order valence-corrected chi connectivity index (χ4v) is 2.63. The molecule has 2 aromatic rings. The molecule has 4 nitrogen and oxygen atoms in total. The number of rotatable bonds is 6.